The van der Waals surface area contributed by atoms with Crippen molar-refractivity contribution in [2.24, 2.45) is 0 Å². The molecule has 0 saturated heterocycles. The van der Waals surface area contributed by atoms with Gasteiger partial charge < -0.3 is 15.5 Å². The summed E-state index contributed by atoms with van der Waals surface area (Å²) in [6.45, 7) is 0.335. The summed E-state index contributed by atoms with van der Waals surface area (Å²) in [6, 6.07) is 0. The Morgan fingerprint density at radius 1 is 1.55 bits per heavy atom. The minimum absolute atomic E-state index is 0.0672. The maximum atomic E-state index is 10.0. The van der Waals surface area contributed by atoms with Crippen LogP contribution in [-0.4, -0.2) is 34.9 Å². The van der Waals surface area contributed by atoms with Crippen LogP contribution in [0, 0.1) is 0 Å². The molecule has 0 spiro atoms. The summed E-state index contributed by atoms with van der Waals surface area (Å²) in [5.74, 6) is -0.882. The average Bonchev–Trinajstić information content (AvgIpc) is 1.83. The van der Waals surface area contributed by atoms with Gasteiger partial charge in [0, 0.05) is 6.54 Å². The van der Waals surface area contributed by atoms with Gasteiger partial charge in [-0.05, 0) is 19.3 Å². The van der Waals surface area contributed by atoms with E-state index in [1.807, 2.05) is 0 Å². The lowest BCUT2D eigenvalue weighted by Crippen LogP contribution is -2.47. The summed E-state index contributed by atoms with van der Waals surface area (Å²) in [6.07, 6.45) is 2.63. The molecule has 64 valence electrons. The number of aliphatic hydroxyl groups is 1. The maximum Gasteiger partial charge on any atom is 0.317 e. The van der Waals surface area contributed by atoms with E-state index < -0.39 is 11.6 Å². The summed E-state index contributed by atoms with van der Waals surface area (Å²) in [7, 11) is 0. The highest BCUT2D eigenvalue weighted by molar-refractivity contribution is 5.68. The zero-order chi connectivity index (χ0) is 8.32. The number of aliphatic carboxylic acids is 1. The molecule has 0 aromatic heterocycles. The van der Waals surface area contributed by atoms with Gasteiger partial charge in [0.25, 0.3) is 0 Å². The highest BCUT2D eigenvalue weighted by Crippen LogP contribution is 2.30. The van der Waals surface area contributed by atoms with E-state index in [0.717, 1.165) is 19.3 Å². The minimum Gasteiger partial charge on any atom is -0.480 e. The van der Waals surface area contributed by atoms with Gasteiger partial charge in [-0.25, -0.2) is 0 Å². The van der Waals surface area contributed by atoms with Crippen molar-refractivity contribution >= 4 is 5.97 Å². The van der Waals surface area contributed by atoms with Crippen LogP contribution in [0.15, 0.2) is 0 Å². The monoisotopic (exact) mass is 159 g/mol. The molecule has 0 atom stereocenters. The van der Waals surface area contributed by atoms with Gasteiger partial charge in [0.05, 0.1) is 12.1 Å². The first-order valence-corrected chi connectivity index (χ1v) is 3.77. The molecule has 0 aliphatic heterocycles. The molecule has 3 N–H and O–H groups in total. The predicted molar refractivity (Wildman–Crippen MR) is 39.3 cm³/mol. The van der Waals surface area contributed by atoms with Crippen molar-refractivity contribution in [3.05, 3.63) is 0 Å². The Kier molecular flexibility index (Phi) is 2.46. The summed E-state index contributed by atoms with van der Waals surface area (Å²) in [4.78, 5) is 10.0. The third kappa shape index (κ3) is 2.48. The quantitative estimate of drug-likeness (QED) is 0.521. The molecule has 1 fully saturated rings. The van der Waals surface area contributed by atoms with Crippen LogP contribution in [0.2, 0.25) is 0 Å². The van der Waals surface area contributed by atoms with Crippen LogP contribution >= 0.6 is 0 Å². The number of nitrogens with one attached hydrogen (secondary N) is 1. The lowest BCUT2D eigenvalue weighted by molar-refractivity contribution is -0.136. The molecule has 1 saturated carbocycles. The van der Waals surface area contributed by atoms with Gasteiger partial charge >= 0.3 is 5.97 Å². The van der Waals surface area contributed by atoms with E-state index in [0.29, 0.717) is 6.54 Å². The average molecular weight is 159 g/mol. The molecular formula is C7H13NO3. The van der Waals surface area contributed by atoms with E-state index in [4.69, 9.17) is 5.11 Å². The van der Waals surface area contributed by atoms with Crippen LogP contribution in [-0.2, 0) is 4.79 Å². The molecule has 11 heavy (non-hydrogen) atoms. The van der Waals surface area contributed by atoms with Gasteiger partial charge in [-0.1, -0.05) is 0 Å². The number of rotatable bonds is 4. The molecule has 4 nitrogen and oxygen atoms in total. The van der Waals surface area contributed by atoms with Crippen molar-refractivity contribution < 1.29 is 15.0 Å². The van der Waals surface area contributed by atoms with Gasteiger partial charge in [-0.3, -0.25) is 4.79 Å². The van der Waals surface area contributed by atoms with E-state index in [1.165, 1.54) is 0 Å². The van der Waals surface area contributed by atoms with Gasteiger partial charge in [0.15, 0.2) is 0 Å². The topological polar surface area (TPSA) is 69.6 Å². The molecule has 0 aromatic carbocycles. The second-order valence-electron chi connectivity index (χ2n) is 3.08. The van der Waals surface area contributed by atoms with Gasteiger partial charge in [0.2, 0.25) is 0 Å². The Morgan fingerprint density at radius 3 is 2.55 bits per heavy atom. The maximum absolute atomic E-state index is 10.0. The van der Waals surface area contributed by atoms with Crippen LogP contribution < -0.4 is 5.32 Å². The molecular weight excluding hydrogens is 146 g/mol. The molecule has 0 heterocycles. The zero-order valence-corrected chi connectivity index (χ0v) is 6.34. The largest absolute Gasteiger partial charge is 0.480 e. The Labute approximate surface area is 65.2 Å². The number of hydrogen-bond acceptors (Lipinski definition) is 3. The highest BCUT2D eigenvalue weighted by Gasteiger charge is 2.33. The fourth-order valence-electron chi connectivity index (χ4n) is 1.16. The van der Waals surface area contributed by atoms with Crippen molar-refractivity contribution in [3.8, 4) is 0 Å². The SMILES string of the molecule is O=C(O)CNCC1(O)CCC1. The Morgan fingerprint density at radius 2 is 2.18 bits per heavy atom. The number of carbonyl (C=O) groups is 1. The van der Waals surface area contributed by atoms with Gasteiger partial charge in [-0.2, -0.15) is 0 Å². The van der Waals surface area contributed by atoms with Crippen LogP contribution in [0.25, 0.3) is 0 Å². The fourth-order valence-corrected chi connectivity index (χ4v) is 1.16. The van der Waals surface area contributed by atoms with Gasteiger partial charge in [-0.15, -0.1) is 0 Å². The Balaban J connectivity index is 2.07. The van der Waals surface area contributed by atoms with Crippen molar-refractivity contribution in [1.29, 1.82) is 0 Å². The standard InChI is InChI=1S/C7H13NO3/c9-6(10)4-8-5-7(11)2-1-3-7/h8,11H,1-5H2,(H,9,10). The van der Waals surface area contributed by atoms with Crippen molar-refractivity contribution in [3.63, 3.8) is 0 Å². The van der Waals surface area contributed by atoms with E-state index >= 15 is 0 Å². The predicted octanol–water partition coefficient (Wildman–Crippen LogP) is -0.424. The highest BCUT2D eigenvalue weighted by atomic mass is 16.4. The first kappa shape index (κ1) is 8.49. The zero-order valence-electron chi connectivity index (χ0n) is 6.34. The van der Waals surface area contributed by atoms with E-state index in [-0.39, 0.29) is 6.54 Å². The van der Waals surface area contributed by atoms with Crippen LogP contribution in [0.5, 0.6) is 0 Å². The summed E-state index contributed by atoms with van der Waals surface area (Å²) in [5.41, 5.74) is -0.616. The molecule has 1 aliphatic rings. The van der Waals surface area contributed by atoms with Crippen LogP contribution in [0.1, 0.15) is 19.3 Å². The van der Waals surface area contributed by atoms with Gasteiger partial charge in [0.1, 0.15) is 0 Å². The van der Waals surface area contributed by atoms with Crippen molar-refractivity contribution in [2.45, 2.75) is 24.9 Å². The van der Waals surface area contributed by atoms with E-state index in [2.05, 4.69) is 5.32 Å². The third-order valence-electron chi connectivity index (χ3n) is 2.01. The molecule has 0 aromatic rings. The van der Waals surface area contributed by atoms with E-state index in [9.17, 15) is 9.90 Å². The van der Waals surface area contributed by atoms with Crippen LogP contribution in [0.3, 0.4) is 0 Å². The molecule has 0 amide bonds. The Bertz CT molecular complexity index is 154. The normalized spacial score (nSPS) is 20.8. The number of carboxylic acid groups (broad SMARTS) is 1. The van der Waals surface area contributed by atoms with Crippen LogP contribution in [0.4, 0.5) is 0 Å². The second kappa shape index (κ2) is 3.19. The molecule has 0 radical (unpaired) electrons. The van der Waals surface area contributed by atoms with E-state index in [1.54, 1.807) is 0 Å². The number of carboxylic acids is 1. The molecule has 4 heteroatoms. The molecule has 0 bridgehead atoms. The van der Waals surface area contributed by atoms with Crippen molar-refractivity contribution in [2.75, 3.05) is 13.1 Å². The number of hydrogen-bond donors (Lipinski definition) is 3. The first-order valence-electron chi connectivity index (χ1n) is 3.77. The molecule has 1 aliphatic carbocycles. The summed E-state index contributed by atoms with van der Waals surface area (Å²) in [5, 5.41) is 20.4. The summed E-state index contributed by atoms with van der Waals surface area (Å²) >= 11 is 0. The van der Waals surface area contributed by atoms with Crippen molar-refractivity contribution in [1.82, 2.24) is 5.32 Å². The third-order valence-corrected chi connectivity index (χ3v) is 2.01. The molecule has 1 rings (SSSR count). The smallest absolute Gasteiger partial charge is 0.317 e. The minimum atomic E-state index is -0.882. The second-order valence-corrected chi connectivity index (χ2v) is 3.08. The Hall–Kier alpha value is -0.610. The summed E-state index contributed by atoms with van der Waals surface area (Å²) < 4.78 is 0. The molecule has 0 unspecified atom stereocenters. The first-order chi connectivity index (χ1) is 5.12. The lowest BCUT2D eigenvalue weighted by atomic mass is 9.80. The fraction of sp³-hybridized carbons (Fsp3) is 0.857. The lowest BCUT2D eigenvalue weighted by Gasteiger charge is -2.36.